The number of nitrogens with zero attached hydrogens (tertiary/aromatic N) is 2. The largest absolute Gasteiger partial charge is 0.357 e. The molecule has 0 aliphatic carbocycles. The molecule has 5 nitrogen and oxygen atoms in total. The second-order valence-electron chi connectivity index (χ2n) is 6.40. The van der Waals surface area contributed by atoms with Gasteiger partial charge in [-0.1, -0.05) is 28.4 Å². The first-order chi connectivity index (χ1) is 12.6. The maximum absolute atomic E-state index is 13.9. The lowest BCUT2D eigenvalue weighted by Gasteiger charge is -2.20. The highest BCUT2D eigenvalue weighted by Crippen LogP contribution is 2.16. The van der Waals surface area contributed by atoms with Gasteiger partial charge in [0, 0.05) is 42.6 Å². The lowest BCUT2D eigenvalue weighted by atomic mass is 10.2. The lowest BCUT2D eigenvalue weighted by molar-refractivity contribution is -0.130. The molecule has 0 spiro atoms. The molecule has 1 fully saturated rings. The summed E-state index contributed by atoms with van der Waals surface area (Å²) >= 11 is 3.26. The number of rotatable bonds is 7. The van der Waals surface area contributed by atoms with E-state index in [1.165, 1.54) is 6.07 Å². The topological polar surface area (TPSA) is 56.7 Å². The van der Waals surface area contributed by atoms with E-state index in [2.05, 4.69) is 31.6 Å². The smallest absolute Gasteiger partial charge is 0.222 e. The molecule has 0 bridgehead atoms. The standard InChI is InChI=1S/C19H28BrFN4O/c1-2-22-19(24-14-15-8-9-16(20)13-17(15)21)23-10-6-12-25-11-5-3-4-7-18(25)26/h8-9,13H,2-7,10-12,14H2,1H3,(H2,22,23,24). The van der Waals surface area contributed by atoms with Crippen molar-refractivity contribution in [3.05, 3.63) is 34.1 Å². The summed E-state index contributed by atoms with van der Waals surface area (Å²) in [5, 5.41) is 6.43. The maximum Gasteiger partial charge on any atom is 0.222 e. The van der Waals surface area contributed by atoms with Crippen LogP contribution in [0.1, 0.15) is 44.6 Å². The van der Waals surface area contributed by atoms with Crippen molar-refractivity contribution in [1.82, 2.24) is 15.5 Å². The second kappa shape index (κ2) is 11.2. The molecule has 26 heavy (non-hydrogen) atoms. The normalized spacial score (nSPS) is 15.7. The van der Waals surface area contributed by atoms with Crippen LogP contribution in [0.3, 0.4) is 0 Å². The lowest BCUT2D eigenvalue weighted by Crippen LogP contribution is -2.39. The van der Waals surface area contributed by atoms with E-state index in [1.807, 2.05) is 17.9 Å². The third kappa shape index (κ3) is 6.94. The van der Waals surface area contributed by atoms with E-state index in [0.717, 1.165) is 56.3 Å². The summed E-state index contributed by atoms with van der Waals surface area (Å²) < 4.78 is 14.6. The molecule has 1 aliphatic rings. The first kappa shape index (κ1) is 20.7. The van der Waals surface area contributed by atoms with E-state index in [-0.39, 0.29) is 18.3 Å². The number of likely N-dealkylation sites (tertiary alicyclic amines) is 1. The minimum Gasteiger partial charge on any atom is -0.357 e. The maximum atomic E-state index is 13.9. The van der Waals surface area contributed by atoms with Crippen LogP contribution in [0.5, 0.6) is 0 Å². The van der Waals surface area contributed by atoms with E-state index in [9.17, 15) is 9.18 Å². The van der Waals surface area contributed by atoms with Gasteiger partial charge in [0.1, 0.15) is 5.82 Å². The predicted molar refractivity (Wildman–Crippen MR) is 107 cm³/mol. The van der Waals surface area contributed by atoms with Crippen LogP contribution in [0.4, 0.5) is 4.39 Å². The number of hydrogen-bond acceptors (Lipinski definition) is 2. The van der Waals surface area contributed by atoms with Gasteiger partial charge < -0.3 is 15.5 Å². The highest BCUT2D eigenvalue weighted by molar-refractivity contribution is 9.10. The Kier molecular flexibility index (Phi) is 8.88. The van der Waals surface area contributed by atoms with Crippen LogP contribution in [0, 0.1) is 5.82 Å². The van der Waals surface area contributed by atoms with Crippen molar-refractivity contribution in [1.29, 1.82) is 0 Å². The molecule has 1 aliphatic heterocycles. The van der Waals surface area contributed by atoms with Crippen LogP contribution in [0.2, 0.25) is 0 Å². The molecule has 0 saturated carbocycles. The summed E-state index contributed by atoms with van der Waals surface area (Å²) in [6.07, 6.45) is 4.79. The Morgan fingerprint density at radius 1 is 1.31 bits per heavy atom. The Morgan fingerprint density at radius 3 is 2.92 bits per heavy atom. The first-order valence-electron chi connectivity index (χ1n) is 9.34. The number of nitrogens with one attached hydrogen (secondary N) is 2. The van der Waals surface area contributed by atoms with Crippen LogP contribution < -0.4 is 10.6 Å². The molecular formula is C19H28BrFN4O. The van der Waals surface area contributed by atoms with E-state index in [1.54, 1.807) is 6.07 Å². The number of amides is 1. The average Bonchev–Trinajstić information content (AvgIpc) is 2.82. The van der Waals surface area contributed by atoms with E-state index in [4.69, 9.17) is 0 Å². The van der Waals surface area contributed by atoms with Crippen molar-refractivity contribution in [3.63, 3.8) is 0 Å². The quantitative estimate of drug-likeness (QED) is 0.398. The Bertz CT molecular complexity index is 624. The number of benzene rings is 1. The van der Waals surface area contributed by atoms with E-state index in [0.29, 0.717) is 17.9 Å². The van der Waals surface area contributed by atoms with Crippen molar-refractivity contribution in [2.75, 3.05) is 26.2 Å². The van der Waals surface area contributed by atoms with Crippen molar-refractivity contribution in [2.24, 2.45) is 4.99 Å². The number of carbonyl (C=O) groups is 1. The third-order valence-electron chi connectivity index (χ3n) is 4.34. The third-order valence-corrected chi connectivity index (χ3v) is 4.83. The van der Waals surface area contributed by atoms with Gasteiger partial charge in [-0.05, 0) is 38.3 Å². The molecule has 1 aromatic rings. The molecule has 1 aromatic carbocycles. The van der Waals surface area contributed by atoms with Crippen LogP contribution >= 0.6 is 15.9 Å². The molecule has 2 rings (SSSR count). The number of aliphatic imine (C=N–C) groups is 1. The fourth-order valence-corrected chi connectivity index (χ4v) is 3.24. The molecule has 1 heterocycles. The number of carbonyl (C=O) groups excluding carboxylic acids is 1. The fourth-order valence-electron chi connectivity index (χ4n) is 2.91. The van der Waals surface area contributed by atoms with Gasteiger partial charge in [-0.15, -0.1) is 0 Å². The molecule has 0 aromatic heterocycles. The molecule has 0 atom stereocenters. The second-order valence-corrected chi connectivity index (χ2v) is 7.32. The van der Waals surface area contributed by atoms with Gasteiger partial charge in [-0.2, -0.15) is 0 Å². The zero-order valence-corrected chi connectivity index (χ0v) is 16.9. The molecular weight excluding hydrogens is 399 g/mol. The first-order valence-corrected chi connectivity index (χ1v) is 10.1. The summed E-state index contributed by atoms with van der Waals surface area (Å²) in [4.78, 5) is 18.4. The van der Waals surface area contributed by atoms with Gasteiger partial charge >= 0.3 is 0 Å². The predicted octanol–water partition coefficient (Wildman–Crippen LogP) is 3.44. The minimum atomic E-state index is -0.265. The van der Waals surface area contributed by atoms with Crippen molar-refractivity contribution in [3.8, 4) is 0 Å². The Labute approximate surface area is 163 Å². The van der Waals surface area contributed by atoms with E-state index >= 15 is 0 Å². The fraction of sp³-hybridized carbons (Fsp3) is 0.579. The number of halogens is 2. The summed E-state index contributed by atoms with van der Waals surface area (Å²) in [6.45, 7) is 5.37. The molecule has 0 unspecified atom stereocenters. The van der Waals surface area contributed by atoms with Crippen molar-refractivity contribution < 1.29 is 9.18 Å². The number of hydrogen-bond donors (Lipinski definition) is 2. The summed E-state index contributed by atoms with van der Waals surface area (Å²) in [6, 6.07) is 4.99. The van der Waals surface area contributed by atoms with Gasteiger partial charge in [0.05, 0.1) is 6.54 Å². The Balaban J connectivity index is 1.80. The SMILES string of the molecule is CCNC(=NCc1ccc(Br)cc1F)NCCCN1CCCCCC1=O. The van der Waals surface area contributed by atoms with Gasteiger partial charge in [-0.25, -0.2) is 9.38 Å². The van der Waals surface area contributed by atoms with Gasteiger partial charge in [0.2, 0.25) is 5.91 Å². The molecule has 2 N–H and O–H groups in total. The van der Waals surface area contributed by atoms with Gasteiger partial charge in [0.25, 0.3) is 0 Å². The van der Waals surface area contributed by atoms with Crippen LogP contribution in [0.15, 0.2) is 27.7 Å². The van der Waals surface area contributed by atoms with Crippen LogP contribution in [0.25, 0.3) is 0 Å². The molecule has 1 saturated heterocycles. The van der Waals surface area contributed by atoms with Crippen LogP contribution in [-0.2, 0) is 11.3 Å². The van der Waals surface area contributed by atoms with Crippen LogP contribution in [-0.4, -0.2) is 42.9 Å². The van der Waals surface area contributed by atoms with Gasteiger partial charge in [-0.3, -0.25) is 4.79 Å². The molecule has 0 radical (unpaired) electrons. The zero-order valence-electron chi connectivity index (χ0n) is 15.4. The highest BCUT2D eigenvalue weighted by Gasteiger charge is 2.15. The average molecular weight is 427 g/mol. The molecule has 7 heteroatoms. The van der Waals surface area contributed by atoms with E-state index < -0.39 is 0 Å². The summed E-state index contributed by atoms with van der Waals surface area (Å²) in [7, 11) is 0. The number of guanidine groups is 1. The Hall–Kier alpha value is -1.63. The zero-order chi connectivity index (χ0) is 18.8. The highest BCUT2D eigenvalue weighted by atomic mass is 79.9. The van der Waals surface area contributed by atoms with Crippen molar-refractivity contribution in [2.45, 2.75) is 45.6 Å². The van der Waals surface area contributed by atoms with Crippen molar-refractivity contribution >= 4 is 27.8 Å². The summed E-state index contributed by atoms with van der Waals surface area (Å²) in [5.41, 5.74) is 0.556. The molecule has 1 amide bonds. The summed E-state index contributed by atoms with van der Waals surface area (Å²) in [5.74, 6) is 0.671. The monoisotopic (exact) mass is 426 g/mol. The minimum absolute atomic E-state index is 0.265. The molecule has 144 valence electrons. The Morgan fingerprint density at radius 2 is 2.15 bits per heavy atom. The van der Waals surface area contributed by atoms with Gasteiger partial charge in [0.15, 0.2) is 5.96 Å².